The summed E-state index contributed by atoms with van der Waals surface area (Å²) in [5, 5.41) is 4.55. The average Bonchev–Trinajstić information content (AvgIpc) is 2.84. The summed E-state index contributed by atoms with van der Waals surface area (Å²) in [6, 6.07) is 1.73. The second-order valence-corrected chi connectivity index (χ2v) is 7.08. The number of likely N-dealkylation sites (tertiary alicyclic amines) is 1. The molecule has 0 amide bonds. The van der Waals surface area contributed by atoms with Crippen LogP contribution in [0, 0.1) is 0 Å². The Labute approximate surface area is 90.8 Å². The van der Waals surface area contributed by atoms with Crippen molar-refractivity contribution in [2.24, 2.45) is 0 Å². The van der Waals surface area contributed by atoms with E-state index < -0.39 is 0 Å². The van der Waals surface area contributed by atoms with Crippen molar-refractivity contribution in [3.63, 3.8) is 0 Å². The van der Waals surface area contributed by atoms with E-state index in [-0.39, 0.29) is 0 Å². The maximum absolute atomic E-state index is 3.75. The zero-order chi connectivity index (χ0) is 9.76. The van der Waals surface area contributed by atoms with Crippen molar-refractivity contribution in [1.29, 1.82) is 0 Å². The maximum Gasteiger partial charge on any atom is 0.0792 e. The molecule has 0 radical (unpaired) electrons. The number of hydrogen-bond donors (Lipinski definition) is 1. The Balaban J connectivity index is 1.72. The van der Waals surface area contributed by atoms with Gasteiger partial charge in [0, 0.05) is 30.4 Å². The van der Waals surface area contributed by atoms with Crippen LogP contribution in [0.5, 0.6) is 0 Å². The molecule has 3 rings (SSSR count). The summed E-state index contributed by atoms with van der Waals surface area (Å²) in [5.41, 5.74) is 0. The summed E-state index contributed by atoms with van der Waals surface area (Å²) in [6.07, 6.45) is 4.24. The molecular formula is C11H20N2S. The van der Waals surface area contributed by atoms with Crippen molar-refractivity contribution in [1.82, 2.24) is 10.2 Å². The second kappa shape index (κ2) is 3.13. The third-order valence-corrected chi connectivity index (χ3v) is 5.24. The van der Waals surface area contributed by atoms with Gasteiger partial charge >= 0.3 is 0 Å². The molecule has 2 saturated heterocycles. The van der Waals surface area contributed by atoms with Gasteiger partial charge in [-0.2, -0.15) is 0 Å². The van der Waals surface area contributed by atoms with Crippen LogP contribution < -0.4 is 5.32 Å². The Morgan fingerprint density at radius 2 is 2.14 bits per heavy atom. The van der Waals surface area contributed by atoms with E-state index in [4.69, 9.17) is 0 Å². The van der Waals surface area contributed by atoms with Gasteiger partial charge in [0.2, 0.25) is 0 Å². The molecule has 3 unspecified atom stereocenters. The summed E-state index contributed by atoms with van der Waals surface area (Å²) in [7, 11) is 0. The van der Waals surface area contributed by atoms with Gasteiger partial charge in [-0.1, -0.05) is 6.92 Å². The molecule has 3 fully saturated rings. The Bertz CT molecular complexity index is 241. The molecule has 0 aromatic carbocycles. The van der Waals surface area contributed by atoms with Crippen LogP contribution in [0.3, 0.4) is 0 Å². The summed E-state index contributed by atoms with van der Waals surface area (Å²) >= 11 is 2.18. The first-order chi connectivity index (χ1) is 6.69. The van der Waals surface area contributed by atoms with Crippen LogP contribution in [0.1, 0.15) is 33.1 Å². The Morgan fingerprint density at radius 3 is 2.71 bits per heavy atom. The van der Waals surface area contributed by atoms with Crippen LogP contribution in [-0.2, 0) is 0 Å². The van der Waals surface area contributed by atoms with Crippen LogP contribution in [-0.4, -0.2) is 40.2 Å². The van der Waals surface area contributed by atoms with Crippen LogP contribution in [0.4, 0.5) is 0 Å². The molecule has 80 valence electrons. The monoisotopic (exact) mass is 212 g/mol. The Hall–Kier alpha value is 0.270. The third kappa shape index (κ3) is 1.50. The van der Waals surface area contributed by atoms with Crippen LogP contribution in [0.15, 0.2) is 0 Å². The lowest BCUT2D eigenvalue weighted by Crippen LogP contribution is -2.40. The first-order valence-corrected chi connectivity index (χ1v) is 6.75. The standard InChI is InChI=1S/C11H20N2S/c1-8-5-11(12-6-9(2)14-11)7-13(8)10-3-4-10/h8-10,12H,3-7H2,1-2H3. The predicted molar refractivity (Wildman–Crippen MR) is 61.6 cm³/mol. The number of thioether (sulfide) groups is 1. The molecule has 14 heavy (non-hydrogen) atoms. The van der Waals surface area contributed by atoms with Crippen LogP contribution >= 0.6 is 11.8 Å². The molecular weight excluding hydrogens is 192 g/mol. The topological polar surface area (TPSA) is 15.3 Å². The van der Waals surface area contributed by atoms with E-state index in [0.29, 0.717) is 4.87 Å². The highest BCUT2D eigenvalue weighted by molar-refractivity contribution is 8.01. The van der Waals surface area contributed by atoms with Gasteiger partial charge in [-0.25, -0.2) is 0 Å². The van der Waals surface area contributed by atoms with Crippen molar-refractivity contribution in [3.05, 3.63) is 0 Å². The molecule has 3 atom stereocenters. The van der Waals surface area contributed by atoms with Gasteiger partial charge in [0.1, 0.15) is 0 Å². The number of nitrogens with one attached hydrogen (secondary N) is 1. The smallest absolute Gasteiger partial charge is 0.0792 e. The summed E-state index contributed by atoms with van der Waals surface area (Å²) in [5.74, 6) is 0. The quantitative estimate of drug-likeness (QED) is 0.712. The maximum atomic E-state index is 3.75. The molecule has 0 aromatic heterocycles. The zero-order valence-corrected chi connectivity index (χ0v) is 9.94. The fourth-order valence-corrected chi connectivity index (χ4v) is 4.68. The molecule has 2 nitrogen and oxygen atoms in total. The van der Waals surface area contributed by atoms with Crippen LogP contribution in [0.2, 0.25) is 0 Å². The fourth-order valence-electron chi connectivity index (χ4n) is 3.02. The lowest BCUT2D eigenvalue weighted by Gasteiger charge is -2.23. The third-order valence-electron chi connectivity index (χ3n) is 3.78. The minimum Gasteiger partial charge on any atom is -0.301 e. The molecule has 2 aliphatic heterocycles. The van der Waals surface area contributed by atoms with Gasteiger partial charge in [0.25, 0.3) is 0 Å². The van der Waals surface area contributed by atoms with Crippen LogP contribution in [0.25, 0.3) is 0 Å². The Kier molecular flexibility index (Phi) is 2.12. The Morgan fingerprint density at radius 1 is 1.36 bits per heavy atom. The van der Waals surface area contributed by atoms with E-state index in [0.717, 1.165) is 17.3 Å². The highest BCUT2D eigenvalue weighted by Crippen LogP contribution is 2.45. The normalized spacial score (nSPS) is 49.3. The number of rotatable bonds is 1. The lowest BCUT2D eigenvalue weighted by molar-refractivity contribution is 0.254. The van der Waals surface area contributed by atoms with Crippen molar-refractivity contribution in [2.45, 2.75) is 55.3 Å². The van der Waals surface area contributed by atoms with Gasteiger partial charge in [0.05, 0.1) is 4.87 Å². The molecule has 0 aromatic rings. The van der Waals surface area contributed by atoms with Crippen molar-refractivity contribution >= 4 is 11.8 Å². The molecule has 1 aliphatic carbocycles. The molecule has 1 N–H and O–H groups in total. The van der Waals surface area contributed by atoms with Gasteiger partial charge in [-0.05, 0) is 26.2 Å². The van der Waals surface area contributed by atoms with Gasteiger partial charge in [-0.15, -0.1) is 11.8 Å². The number of nitrogens with zero attached hydrogens (tertiary/aromatic N) is 1. The average molecular weight is 212 g/mol. The predicted octanol–water partition coefficient (Wildman–Crippen LogP) is 1.66. The molecule has 1 saturated carbocycles. The van der Waals surface area contributed by atoms with Crippen molar-refractivity contribution < 1.29 is 0 Å². The van der Waals surface area contributed by atoms with E-state index in [1.807, 2.05) is 0 Å². The summed E-state index contributed by atoms with van der Waals surface area (Å²) in [4.78, 5) is 3.15. The summed E-state index contributed by atoms with van der Waals surface area (Å²) in [6.45, 7) is 7.24. The van der Waals surface area contributed by atoms with E-state index in [9.17, 15) is 0 Å². The van der Waals surface area contributed by atoms with E-state index in [1.54, 1.807) is 0 Å². The zero-order valence-electron chi connectivity index (χ0n) is 9.12. The first kappa shape index (κ1) is 9.49. The highest BCUT2D eigenvalue weighted by atomic mass is 32.2. The SMILES string of the molecule is CC1CNC2(CC(C)N(C3CC3)C2)S1. The molecule has 3 aliphatic rings. The lowest BCUT2D eigenvalue weighted by atomic mass is 10.2. The van der Waals surface area contributed by atoms with Gasteiger partial charge in [-0.3, -0.25) is 4.90 Å². The van der Waals surface area contributed by atoms with E-state index >= 15 is 0 Å². The first-order valence-electron chi connectivity index (χ1n) is 5.87. The summed E-state index contributed by atoms with van der Waals surface area (Å²) < 4.78 is 0. The number of hydrogen-bond acceptors (Lipinski definition) is 3. The fraction of sp³-hybridized carbons (Fsp3) is 1.00. The largest absolute Gasteiger partial charge is 0.301 e. The molecule has 1 spiro atoms. The van der Waals surface area contributed by atoms with Gasteiger partial charge < -0.3 is 5.32 Å². The highest BCUT2D eigenvalue weighted by Gasteiger charge is 2.49. The molecule has 0 bridgehead atoms. The van der Waals surface area contributed by atoms with Crippen molar-refractivity contribution in [3.8, 4) is 0 Å². The van der Waals surface area contributed by atoms with E-state index in [1.165, 1.54) is 32.4 Å². The van der Waals surface area contributed by atoms with Crippen molar-refractivity contribution in [2.75, 3.05) is 13.1 Å². The minimum absolute atomic E-state index is 0.418. The second-order valence-electron chi connectivity index (χ2n) is 5.26. The molecule has 3 heteroatoms. The van der Waals surface area contributed by atoms with Gasteiger partial charge in [0.15, 0.2) is 0 Å². The minimum atomic E-state index is 0.418. The molecule has 2 heterocycles. The van der Waals surface area contributed by atoms with E-state index in [2.05, 4.69) is 35.8 Å².